The van der Waals surface area contributed by atoms with E-state index in [2.05, 4.69) is 30.5 Å². The number of benzene rings is 1. The lowest BCUT2D eigenvalue weighted by Gasteiger charge is -2.10. The lowest BCUT2D eigenvalue weighted by Crippen LogP contribution is -2.17. The number of nitrogens with zero attached hydrogens (tertiary/aromatic N) is 3. The van der Waals surface area contributed by atoms with Gasteiger partial charge in [-0.05, 0) is 63.5 Å². The smallest absolute Gasteiger partial charge is 0.263 e. The maximum Gasteiger partial charge on any atom is 0.263 e. The average Bonchev–Trinajstić information content (AvgIpc) is 2.59. The zero-order chi connectivity index (χ0) is 19.9. The summed E-state index contributed by atoms with van der Waals surface area (Å²) in [6, 6.07) is 9.05. The highest BCUT2D eigenvalue weighted by Crippen LogP contribution is 2.17. The fourth-order valence-electron chi connectivity index (χ4n) is 2.21. The van der Waals surface area contributed by atoms with E-state index in [9.17, 15) is 13.2 Å². The Hall–Kier alpha value is -2.72. The Balaban J connectivity index is 1.95. The van der Waals surface area contributed by atoms with Gasteiger partial charge in [0.25, 0.3) is 10.0 Å². The number of amides is 1. The lowest BCUT2D eigenvalue weighted by molar-refractivity contribution is -0.114. The fraction of sp³-hybridized carbons (Fsp3) is 0.353. The SMILES string of the molecule is CC(=O)Nc1ccc(S(=O)(=O)Nc2ccc(NCCCN(C)C)nn2)cc1. The van der Waals surface area contributed by atoms with Crippen LogP contribution >= 0.6 is 0 Å². The number of sulfonamides is 1. The third-order valence-electron chi connectivity index (χ3n) is 3.48. The van der Waals surface area contributed by atoms with Crippen molar-refractivity contribution in [2.75, 3.05) is 42.5 Å². The first kappa shape index (κ1) is 20.6. The molecule has 0 unspecified atom stereocenters. The number of aromatic nitrogens is 2. The molecule has 146 valence electrons. The second kappa shape index (κ2) is 9.28. The normalized spacial score (nSPS) is 11.3. The predicted molar refractivity (Wildman–Crippen MR) is 105 cm³/mol. The van der Waals surface area contributed by atoms with Gasteiger partial charge in [-0.3, -0.25) is 9.52 Å². The molecule has 1 aromatic heterocycles. The van der Waals surface area contributed by atoms with Crippen LogP contribution in [0.4, 0.5) is 17.3 Å². The van der Waals surface area contributed by atoms with E-state index in [1.165, 1.54) is 31.2 Å². The summed E-state index contributed by atoms with van der Waals surface area (Å²) in [6.07, 6.45) is 0.956. The molecule has 0 fully saturated rings. The minimum absolute atomic E-state index is 0.0595. The van der Waals surface area contributed by atoms with Gasteiger partial charge in [0.15, 0.2) is 5.82 Å². The van der Waals surface area contributed by atoms with Crippen molar-refractivity contribution in [2.45, 2.75) is 18.2 Å². The maximum absolute atomic E-state index is 12.4. The van der Waals surface area contributed by atoms with E-state index in [0.29, 0.717) is 11.5 Å². The standard InChI is InChI=1S/C17H24N6O3S/c1-13(24)19-14-5-7-15(8-6-14)27(25,26)22-17-10-9-16(20-21-17)18-11-4-12-23(2)3/h5-10H,4,11-12H2,1-3H3,(H,18,20)(H,19,24)(H,21,22). The summed E-state index contributed by atoms with van der Waals surface area (Å²) in [5.41, 5.74) is 0.519. The van der Waals surface area contributed by atoms with Crippen molar-refractivity contribution < 1.29 is 13.2 Å². The first-order valence-electron chi connectivity index (χ1n) is 8.39. The monoisotopic (exact) mass is 392 g/mol. The van der Waals surface area contributed by atoms with Crippen molar-refractivity contribution in [1.29, 1.82) is 0 Å². The number of carbonyl (C=O) groups is 1. The summed E-state index contributed by atoms with van der Waals surface area (Å²) >= 11 is 0. The molecule has 0 aliphatic heterocycles. The molecule has 0 aliphatic rings. The molecule has 0 spiro atoms. The molecule has 0 atom stereocenters. The summed E-state index contributed by atoms with van der Waals surface area (Å²) in [7, 11) is 0.223. The zero-order valence-electron chi connectivity index (χ0n) is 15.6. The average molecular weight is 392 g/mol. The number of hydrogen-bond acceptors (Lipinski definition) is 7. The number of anilines is 3. The summed E-state index contributed by atoms with van der Waals surface area (Å²) in [4.78, 5) is 13.2. The topological polar surface area (TPSA) is 116 Å². The Morgan fingerprint density at radius 3 is 2.22 bits per heavy atom. The van der Waals surface area contributed by atoms with E-state index in [4.69, 9.17) is 0 Å². The highest BCUT2D eigenvalue weighted by Gasteiger charge is 2.15. The zero-order valence-corrected chi connectivity index (χ0v) is 16.4. The molecule has 0 aliphatic carbocycles. The van der Waals surface area contributed by atoms with Gasteiger partial charge in [-0.2, -0.15) is 0 Å². The van der Waals surface area contributed by atoms with E-state index in [1.807, 2.05) is 14.1 Å². The highest BCUT2D eigenvalue weighted by atomic mass is 32.2. The van der Waals surface area contributed by atoms with Gasteiger partial charge in [0.2, 0.25) is 5.91 Å². The molecule has 1 amide bonds. The number of carbonyl (C=O) groups excluding carboxylic acids is 1. The first-order chi connectivity index (χ1) is 12.8. The molecule has 1 aromatic carbocycles. The van der Waals surface area contributed by atoms with Crippen LogP contribution in [0.25, 0.3) is 0 Å². The van der Waals surface area contributed by atoms with Crippen LogP contribution in [0.2, 0.25) is 0 Å². The van der Waals surface area contributed by atoms with Crippen molar-refractivity contribution in [3.05, 3.63) is 36.4 Å². The summed E-state index contributed by atoms with van der Waals surface area (Å²) in [5.74, 6) is 0.477. The molecule has 9 nitrogen and oxygen atoms in total. The van der Waals surface area contributed by atoms with Crippen LogP contribution in [0.3, 0.4) is 0 Å². The third kappa shape index (κ3) is 6.83. The van der Waals surface area contributed by atoms with Crippen LogP contribution < -0.4 is 15.4 Å². The number of nitrogens with one attached hydrogen (secondary N) is 3. The molecule has 3 N–H and O–H groups in total. The molecule has 0 radical (unpaired) electrons. The van der Waals surface area contributed by atoms with Gasteiger partial charge in [0, 0.05) is 19.2 Å². The Morgan fingerprint density at radius 2 is 1.67 bits per heavy atom. The summed E-state index contributed by atoms with van der Waals surface area (Å²) in [6.45, 7) is 3.09. The minimum atomic E-state index is -3.79. The summed E-state index contributed by atoms with van der Waals surface area (Å²) < 4.78 is 27.2. The van der Waals surface area contributed by atoms with E-state index in [1.54, 1.807) is 12.1 Å². The Morgan fingerprint density at radius 1 is 1.04 bits per heavy atom. The van der Waals surface area contributed by atoms with Crippen LogP contribution in [-0.2, 0) is 14.8 Å². The van der Waals surface area contributed by atoms with Crippen molar-refractivity contribution in [1.82, 2.24) is 15.1 Å². The molecular weight excluding hydrogens is 368 g/mol. The molecular formula is C17H24N6O3S. The Bertz CT molecular complexity index is 851. The molecule has 2 rings (SSSR count). The van der Waals surface area contributed by atoms with Crippen LogP contribution in [-0.4, -0.2) is 56.6 Å². The summed E-state index contributed by atoms with van der Waals surface area (Å²) in [5, 5.41) is 13.6. The van der Waals surface area contributed by atoms with Gasteiger partial charge in [0.05, 0.1) is 4.90 Å². The quantitative estimate of drug-likeness (QED) is 0.555. The number of hydrogen-bond donors (Lipinski definition) is 3. The van der Waals surface area contributed by atoms with Gasteiger partial charge < -0.3 is 15.5 Å². The second-order valence-corrected chi connectivity index (χ2v) is 7.88. The van der Waals surface area contributed by atoms with Crippen molar-refractivity contribution in [2.24, 2.45) is 0 Å². The van der Waals surface area contributed by atoms with Gasteiger partial charge in [-0.1, -0.05) is 0 Å². The van der Waals surface area contributed by atoms with Crippen molar-refractivity contribution >= 4 is 33.3 Å². The number of rotatable bonds is 9. The van der Waals surface area contributed by atoms with E-state index < -0.39 is 10.0 Å². The predicted octanol–water partition coefficient (Wildman–Crippen LogP) is 1.60. The maximum atomic E-state index is 12.4. The fourth-order valence-corrected chi connectivity index (χ4v) is 3.21. The molecule has 2 aromatic rings. The van der Waals surface area contributed by atoms with E-state index in [0.717, 1.165) is 19.5 Å². The van der Waals surface area contributed by atoms with Gasteiger partial charge in [-0.15, -0.1) is 10.2 Å². The van der Waals surface area contributed by atoms with Crippen LogP contribution in [0, 0.1) is 0 Å². The van der Waals surface area contributed by atoms with E-state index in [-0.39, 0.29) is 16.6 Å². The first-order valence-corrected chi connectivity index (χ1v) is 9.87. The molecule has 27 heavy (non-hydrogen) atoms. The van der Waals surface area contributed by atoms with Crippen molar-refractivity contribution in [3.63, 3.8) is 0 Å². The molecule has 10 heteroatoms. The molecule has 0 saturated heterocycles. The largest absolute Gasteiger partial charge is 0.369 e. The van der Waals surface area contributed by atoms with Crippen LogP contribution in [0.5, 0.6) is 0 Å². The van der Waals surface area contributed by atoms with Gasteiger partial charge in [-0.25, -0.2) is 8.42 Å². The second-order valence-electron chi connectivity index (χ2n) is 6.20. The van der Waals surface area contributed by atoms with Crippen LogP contribution in [0.15, 0.2) is 41.3 Å². The third-order valence-corrected chi connectivity index (χ3v) is 4.85. The lowest BCUT2D eigenvalue weighted by atomic mass is 10.3. The minimum Gasteiger partial charge on any atom is -0.369 e. The molecule has 1 heterocycles. The molecule has 0 saturated carbocycles. The van der Waals surface area contributed by atoms with Crippen molar-refractivity contribution in [3.8, 4) is 0 Å². The van der Waals surface area contributed by atoms with Crippen LogP contribution in [0.1, 0.15) is 13.3 Å². The van der Waals surface area contributed by atoms with Gasteiger partial charge in [0.1, 0.15) is 5.82 Å². The Kier molecular flexibility index (Phi) is 7.08. The van der Waals surface area contributed by atoms with E-state index >= 15 is 0 Å². The Labute approximate surface area is 159 Å². The van der Waals surface area contributed by atoms with Gasteiger partial charge >= 0.3 is 0 Å². The highest BCUT2D eigenvalue weighted by molar-refractivity contribution is 7.92. The molecule has 0 bridgehead atoms.